The van der Waals surface area contributed by atoms with Crippen LogP contribution < -0.4 is 15.8 Å². The number of benzene rings is 2. The molecular weight excluding hydrogens is 395 g/mol. The number of hydrogen-bond acceptors (Lipinski definition) is 4. The van der Waals surface area contributed by atoms with E-state index in [-0.39, 0.29) is 13.2 Å². The van der Waals surface area contributed by atoms with Gasteiger partial charge in [-0.3, -0.25) is 4.79 Å². The van der Waals surface area contributed by atoms with Crippen molar-refractivity contribution in [2.45, 2.75) is 32.5 Å². The van der Waals surface area contributed by atoms with Crippen LogP contribution in [0.2, 0.25) is 5.02 Å². The highest BCUT2D eigenvalue weighted by Gasteiger charge is 2.17. The summed E-state index contributed by atoms with van der Waals surface area (Å²) in [5.41, 5.74) is 7.47. The zero-order chi connectivity index (χ0) is 20.8. The maximum atomic E-state index is 14.5. The fraction of sp³-hybridized carbons (Fsp3) is 0.238. The summed E-state index contributed by atoms with van der Waals surface area (Å²) < 4.78 is 20.1. The van der Waals surface area contributed by atoms with Crippen molar-refractivity contribution in [1.29, 1.82) is 0 Å². The van der Waals surface area contributed by atoms with Gasteiger partial charge in [-0.25, -0.2) is 9.37 Å². The minimum absolute atomic E-state index is 0.150. The lowest BCUT2D eigenvalue weighted by molar-refractivity contribution is -0.120. The van der Waals surface area contributed by atoms with Gasteiger partial charge in [0, 0.05) is 47.1 Å². The van der Waals surface area contributed by atoms with E-state index in [9.17, 15) is 9.18 Å². The van der Waals surface area contributed by atoms with Crippen LogP contribution in [-0.4, -0.2) is 21.9 Å². The van der Waals surface area contributed by atoms with Gasteiger partial charge in [-0.1, -0.05) is 35.9 Å². The number of aromatic nitrogens is 2. The predicted octanol–water partition coefficient (Wildman–Crippen LogP) is 3.28. The number of hydrogen-bond donors (Lipinski definition) is 3. The average molecular weight is 417 g/mol. The highest BCUT2D eigenvalue weighted by molar-refractivity contribution is 6.31. The summed E-state index contributed by atoms with van der Waals surface area (Å²) in [6.07, 6.45) is 2.00. The van der Waals surface area contributed by atoms with Gasteiger partial charge in [-0.05, 0) is 19.1 Å². The summed E-state index contributed by atoms with van der Waals surface area (Å²) in [6.45, 7) is 2.21. The quantitative estimate of drug-likeness (QED) is 0.499. The molecular formula is C21H22ClFN4O2. The summed E-state index contributed by atoms with van der Waals surface area (Å²) in [7, 11) is 0. The van der Waals surface area contributed by atoms with Crippen molar-refractivity contribution >= 4 is 17.5 Å². The normalized spacial score (nSPS) is 12.0. The van der Waals surface area contributed by atoms with Crippen LogP contribution in [0.1, 0.15) is 22.6 Å². The van der Waals surface area contributed by atoms with Gasteiger partial charge in [0.25, 0.3) is 0 Å². The van der Waals surface area contributed by atoms with E-state index in [0.29, 0.717) is 22.8 Å². The van der Waals surface area contributed by atoms with Crippen molar-refractivity contribution in [1.82, 2.24) is 15.3 Å². The molecule has 1 amide bonds. The number of halogens is 2. The van der Waals surface area contributed by atoms with Gasteiger partial charge in [0.05, 0.1) is 6.04 Å². The van der Waals surface area contributed by atoms with Crippen molar-refractivity contribution in [2.24, 2.45) is 5.73 Å². The highest BCUT2D eigenvalue weighted by atomic mass is 35.5. The first-order valence-corrected chi connectivity index (χ1v) is 9.48. The average Bonchev–Trinajstić information content (AvgIpc) is 3.10. The van der Waals surface area contributed by atoms with Crippen molar-refractivity contribution in [2.75, 3.05) is 0 Å². The lowest BCUT2D eigenvalue weighted by atomic mass is 10.1. The number of aryl methyl sites for hydroxylation is 1. The molecule has 1 heterocycles. The Morgan fingerprint density at radius 3 is 2.76 bits per heavy atom. The van der Waals surface area contributed by atoms with E-state index < -0.39 is 17.8 Å². The van der Waals surface area contributed by atoms with Crippen LogP contribution in [0.25, 0.3) is 0 Å². The molecule has 0 aliphatic heterocycles. The maximum Gasteiger partial charge on any atom is 0.234 e. The predicted molar refractivity (Wildman–Crippen MR) is 109 cm³/mol. The number of amides is 1. The topological polar surface area (TPSA) is 93.0 Å². The standard InChI is InChI=1S/C21H22ClFN4O2/c1-13-25-11-16(27-13)8-20(21(24)28)26-10-14-6-7-17(9-19(14)23)29-12-15-4-2-3-5-18(15)22/h2-7,9,11,20,26H,8,10,12H2,1H3,(H2,24,28)(H,25,27). The largest absolute Gasteiger partial charge is 0.489 e. The third-order valence-corrected chi connectivity index (χ3v) is 4.81. The molecule has 0 radical (unpaired) electrons. The number of nitrogens with two attached hydrogens (primary N) is 1. The highest BCUT2D eigenvalue weighted by Crippen LogP contribution is 2.21. The molecule has 0 saturated heterocycles. The summed E-state index contributed by atoms with van der Waals surface area (Å²) in [6, 6.07) is 11.3. The van der Waals surface area contributed by atoms with Crippen LogP contribution in [0.5, 0.6) is 5.75 Å². The molecule has 0 fully saturated rings. The first-order chi connectivity index (χ1) is 13.9. The van der Waals surface area contributed by atoms with Crippen LogP contribution in [-0.2, 0) is 24.4 Å². The van der Waals surface area contributed by atoms with Gasteiger partial charge in [-0.15, -0.1) is 0 Å². The molecule has 0 saturated carbocycles. The SMILES string of the molecule is Cc1ncc(CC(NCc2ccc(OCc3ccccc3Cl)cc2F)C(N)=O)[nH]1. The number of carbonyl (C=O) groups excluding carboxylic acids is 1. The number of nitrogens with one attached hydrogen (secondary N) is 2. The molecule has 0 aliphatic carbocycles. The summed E-state index contributed by atoms with van der Waals surface area (Å²) in [4.78, 5) is 18.9. The zero-order valence-electron chi connectivity index (χ0n) is 15.9. The van der Waals surface area contributed by atoms with Gasteiger partial charge < -0.3 is 20.8 Å². The van der Waals surface area contributed by atoms with Crippen LogP contribution in [0.4, 0.5) is 4.39 Å². The van der Waals surface area contributed by atoms with Gasteiger partial charge in [0.1, 0.15) is 24.0 Å². The molecule has 0 bridgehead atoms. The van der Waals surface area contributed by atoms with Crippen molar-refractivity contribution < 1.29 is 13.9 Å². The van der Waals surface area contributed by atoms with Crippen molar-refractivity contribution in [3.63, 3.8) is 0 Å². The second kappa shape index (κ2) is 9.54. The Kier molecular flexibility index (Phi) is 6.85. The first-order valence-electron chi connectivity index (χ1n) is 9.10. The van der Waals surface area contributed by atoms with Crippen LogP contribution >= 0.6 is 11.6 Å². The number of H-pyrrole nitrogens is 1. The second-order valence-electron chi connectivity index (χ2n) is 6.67. The molecule has 6 nitrogen and oxygen atoms in total. The number of aromatic amines is 1. The third-order valence-electron chi connectivity index (χ3n) is 4.44. The van der Waals surface area contributed by atoms with Crippen LogP contribution in [0.15, 0.2) is 48.7 Å². The molecule has 3 aromatic rings. The molecule has 1 unspecified atom stereocenters. The summed E-state index contributed by atoms with van der Waals surface area (Å²) in [5, 5.41) is 3.59. The van der Waals surface area contributed by atoms with Gasteiger partial charge in [0.15, 0.2) is 0 Å². The lowest BCUT2D eigenvalue weighted by Gasteiger charge is -2.15. The van der Waals surface area contributed by atoms with Crippen LogP contribution in [0, 0.1) is 12.7 Å². The number of ether oxygens (including phenoxy) is 1. The molecule has 1 aromatic heterocycles. The van der Waals surface area contributed by atoms with E-state index in [0.717, 1.165) is 17.1 Å². The Labute approximate surface area is 173 Å². The smallest absolute Gasteiger partial charge is 0.234 e. The van der Waals surface area contributed by atoms with Crippen LogP contribution in [0.3, 0.4) is 0 Å². The lowest BCUT2D eigenvalue weighted by Crippen LogP contribution is -2.42. The zero-order valence-corrected chi connectivity index (χ0v) is 16.7. The third kappa shape index (κ3) is 5.79. The van der Waals surface area contributed by atoms with Crippen molar-refractivity contribution in [3.05, 3.63) is 82.1 Å². The van der Waals surface area contributed by atoms with Crippen molar-refractivity contribution in [3.8, 4) is 5.75 Å². The van der Waals surface area contributed by atoms with E-state index in [1.807, 2.05) is 25.1 Å². The number of rotatable bonds is 9. The van der Waals surface area contributed by atoms with E-state index in [2.05, 4.69) is 15.3 Å². The Morgan fingerprint density at radius 2 is 2.10 bits per heavy atom. The van der Waals surface area contributed by atoms with Gasteiger partial charge >= 0.3 is 0 Å². The Hall–Kier alpha value is -2.90. The van der Waals surface area contributed by atoms with Gasteiger partial charge in [0.2, 0.25) is 5.91 Å². The molecule has 1 atom stereocenters. The molecule has 152 valence electrons. The number of imidazole rings is 1. The van der Waals surface area contributed by atoms with Gasteiger partial charge in [-0.2, -0.15) is 0 Å². The van der Waals surface area contributed by atoms with E-state index in [1.54, 1.807) is 24.4 Å². The molecule has 0 aliphatic rings. The number of nitrogens with zero attached hydrogens (tertiary/aromatic N) is 1. The number of primary amides is 1. The Bertz CT molecular complexity index is 992. The Balaban J connectivity index is 1.59. The summed E-state index contributed by atoms with van der Waals surface area (Å²) >= 11 is 6.10. The van der Waals surface area contributed by atoms with E-state index >= 15 is 0 Å². The molecule has 4 N–H and O–H groups in total. The fourth-order valence-corrected chi connectivity index (χ4v) is 3.03. The second-order valence-corrected chi connectivity index (χ2v) is 7.07. The fourth-order valence-electron chi connectivity index (χ4n) is 2.84. The first kappa shape index (κ1) is 20.8. The molecule has 2 aromatic carbocycles. The molecule has 8 heteroatoms. The van der Waals surface area contributed by atoms with E-state index in [4.69, 9.17) is 22.1 Å². The Morgan fingerprint density at radius 1 is 1.31 bits per heavy atom. The molecule has 3 rings (SSSR count). The maximum absolute atomic E-state index is 14.5. The van der Waals surface area contributed by atoms with E-state index in [1.165, 1.54) is 6.07 Å². The number of carbonyl (C=O) groups is 1. The minimum Gasteiger partial charge on any atom is -0.489 e. The molecule has 29 heavy (non-hydrogen) atoms. The molecule has 0 spiro atoms. The monoisotopic (exact) mass is 416 g/mol. The summed E-state index contributed by atoms with van der Waals surface area (Å²) in [5.74, 6) is 0.194. The minimum atomic E-state index is -0.648.